The van der Waals surface area contributed by atoms with Crippen LogP contribution < -0.4 is 16.4 Å². The lowest BCUT2D eigenvalue weighted by Gasteiger charge is -2.28. The number of nitrogens with two attached hydrogens (primary N) is 2. The molecule has 0 aliphatic heterocycles. The summed E-state index contributed by atoms with van der Waals surface area (Å²) in [4.78, 5) is 13.3. The van der Waals surface area contributed by atoms with Gasteiger partial charge in [-0.15, -0.1) is 0 Å². The second kappa shape index (κ2) is 5.68. The average molecular weight is 235 g/mol. The second-order valence-corrected chi connectivity index (χ2v) is 4.45. The topological polar surface area (TPSA) is 72.3 Å². The van der Waals surface area contributed by atoms with E-state index < -0.39 is 11.4 Å². The lowest BCUT2D eigenvalue weighted by molar-refractivity contribution is -0.122. The number of carbonyl (C=O) groups excluding carboxylic acids is 1. The van der Waals surface area contributed by atoms with Gasteiger partial charge in [0.2, 0.25) is 5.91 Å². The normalized spacial score (nSPS) is 14.1. The van der Waals surface area contributed by atoms with Crippen LogP contribution in [0.2, 0.25) is 0 Å². The molecule has 0 aromatic heterocycles. The van der Waals surface area contributed by atoms with E-state index in [2.05, 4.69) is 11.8 Å². The van der Waals surface area contributed by atoms with Gasteiger partial charge >= 0.3 is 0 Å². The summed E-state index contributed by atoms with van der Waals surface area (Å²) in [6, 6.07) is 10.1. The van der Waals surface area contributed by atoms with E-state index in [1.54, 1.807) is 6.92 Å². The fourth-order valence-corrected chi connectivity index (χ4v) is 1.60. The molecule has 0 heterocycles. The molecule has 0 aliphatic rings. The van der Waals surface area contributed by atoms with E-state index >= 15 is 0 Å². The van der Waals surface area contributed by atoms with Gasteiger partial charge in [0.05, 0.1) is 5.54 Å². The molecule has 1 atom stereocenters. The van der Waals surface area contributed by atoms with Crippen molar-refractivity contribution in [1.29, 1.82) is 0 Å². The maximum absolute atomic E-state index is 11.1. The van der Waals surface area contributed by atoms with Crippen LogP contribution in [0, 0.1) is 0 Å². The SMILES string of the molecule is CCN(CCC(C)(N)C(N)=O)c1ccccc1. The first kappa shape index (κ1) is 13.5. The third-order valence-electron chi connectivity index (χ3n) is 2.97. The zero-order valence-corrected chi connectivity index (χ0v) is 10.5. The minimum atomic E-state index is -0.942. The Morgan fingerprint density at radius 1 is 1.35 bits per heavy atom. The first-order valence-electron chi connectivity index (χ1n) is 5.86. The van der Waals surface area contributed by atoms with Crippen molar-refractivity contribution in [3.63, 3.8) is 0 Å². The first-order chi connectivity index (χ1) is 7.97. The molecule has 1 unspecified atom stereocenters. The largest absolute Gasteiger partial charge is 0.372 e. The van der Waals surface area contributed by atoms with Crippen molar-refractivity contribution < 1.29 is 4.79 Å². The number of hydrogen-bond donors (Lipinski definition) is 2. The Kier molecular flexibility index (Phi) is 4.52. The van der Waals surface area contributed by atoms with Crippen molar-refractivity contribution in [2.75, 3.05) is 18.0 Å². The Balaban J connectivity index is 2.63. The molecule has 1 aromatic rings. The molecule has 4 heteroatoms. The molecule has 4 nitrogen and oxygen atoms in total. The van der Waals surface area contributed by atoms with E-state index in [9.17, 15) is 4.79 Å². The van der Waals surface area contributed by atoms with Crippen LogP contribution in [-0.2, 0) is 4.79 Å². The highest BCUT2D eigenvalue weighted by Gasteiger charge is 2.25. The lowest BCUT2D eigenvalue weighted by Crippen LogP contribution is -2.51. The van der Waals surface area contributed by atoms with E-state index in [1.807, 2.05) is 30.3 Å². The molecule has 4 N–H and O–H groups in total. The molecule has 0 saturated heterocycles. The van der Waals surface area contributed by atoms with Crippen molar-refractivity contribution in [3.8, 4) is 0 Å². The Bertz CT molecular complexity index is 362. The maximum atomic E-state index is 11.1. The van der Waals surface area contributed by atoms with Gasteiger partial charge in [-0.05, 0) is 32.4 Å². The van der Waals surface area contributed by atoms with Gasteiger partial charge in [0.1, 0.15) is 0 Å². The zero-order valence-electron chi connectivity index (χ0n) is 10.5. The average Bonchev–Trinajstić information content (AvgIpc) is 2.31. The van der Waals surface area contributed by atoms with Crippen LogP contribution in [0.15, 0.2) is 30.3 Å². The van der Waals surface area contributed by atoms with Gasteiger partial charge in [-0.1, -0.05) is 18.2 Å². The van der Waals surface area contributed by atoms with Crippen LogP contribution in [0.1, 0.15) is 20.3 Å². The van der Waals surface area contributed by atoms with Gasteiger partial charge in [-0.2, -0.15) is 0 Å². The molecule has 0 bridgehead atoms. The first-order valence-corrected chi connectivity index (χ1v) is 5.86. The van der Waals surface area contributed by atoms with Crippen molar-refractivity contribution in [3.05, 3.63) is 30.3 Å². The van der Waals surface area contributed by atoms with Crippen molar-refractivity contribution >= 4 is 11.6 Å². The Hall–Kier alpha value is -1.55. The smallest absolute Gasteiger partial charge is 0.237 e. The quantitative estimate of drug-likeness (QED) is 0.775. The molecule has 94 valence electrons. The highest BCUT2D eigenvalue weighted by atomic mass is 16.1. The summed E-state index contributed by atoms with van der Waals surface area (Å²) >= 11 is 0. The molecule has 0 saturated carbocycles. The fraction of sp³-hybridized carbons (Fsp3) is 0.462. The third-order valence-corrected chi connectivity index (χ3v) is 2.97. The van der Waals surface area contributed by atoms with Gasteiger partial charge in [0.15, 0.2) is 0 Å². The summed E-state index contributed by atoms with van der Waals surface area (Å²) < 4.78 is 0. The standard InChI is InChI=1S/C13H21N3O/c1-3-16(11-7-5-4-6-8-11)10-9-13(2,15)12(14)17/h4-8H,3,9-10,15H2,1-2H3,(H2,14,17). The highest BCUT2D eigenvalue weighted by molar-refractivity contribution is 5.83. The van der Waals surface area contributed by atoms with Gasteiger partial charge < -0.3 is 16.4 Å². The molecule has 17 heavy (non-hydrogen) atoms. The molecule has 1 amide bonds. The summed E-state index contributed by atoms with van der Waals surface area (Å²) in [5.74, 6) is -0.457. The van der Waals surface area contributed by atoms with Gasteiger partial charge in [0.25, 0.3) is 0 Å². The number of amides is 1. The summed E-state index contributed by atoms with van der Waals surface area (Å²) in [7, 11) is 0. The van der Waals surface area contributed by atoms with E-state index in [0.29, 0.717) is 6.42 Å². The monoisotopic (exact) mass is 235 g/mol. The number of rotatable bonds is 6. The molecule has 0 fully saturated rings. The highest BCUT2D eigenvalue weighted by Crippen LogP contribution is 2.15. The molecule has 0 spiro atoms. The minimum absolute atomic E-state index is 0.457. The van der Waals surface area contributed by atoms with Crippen LogP contribution in [0.5, 0.6) is 0 Å². The number of benzene rings is 1. The minimum Gasteiger partial charge on any atom is -0.372 e. The predicted molar refractivity (Wildman–Crippen MR) is 70.7 cm³/mol. The third kappa shape index (κ3) is 3.75. The van der Waals surface area contributed by atoms with Crippen LogP contribution >= 0.6 is 0 Å². The van der Waals surface area contributed by atoms with Gasteiger partial charge in [0, 0.05) is 18.8 Å². The molecular weight excluding hydrogens is 214 g/mol. The number of primary amides is 1. The molecule has 1 rings (SSSR count). The zero-order chi connectivity index (χ0) is 12.9. The van der Waals surface area contributed by atoms with Gasteiger partial charge in [-0.3, -0.25) is 4.79 Å². The van der Waals surface area contributed by atoms with Crippen molar-refractivity contribution in [2.45, 2.75) is 25.8 Å². The summed E-state index contributed by atoms with van der Waals surface area (Å²) in [6.45, 7) is 5.34. The number of carbonyl (C=O) groups is 1. The second-order valence-electron chi connectivity index (χ2n) is 4.45. The summed E-state index contributed by atoms with van der Waals surface area (Å²) in [6.07, 6.45) is 0.547. The van der Waals surface area contributed by atoms with Gasteiger partial charge in [-0.25, -0.2) is 0 Å². The van der Waals surface area contributed by atoms with E-state index in [0.717, 1.165) is 18.8 Å². The number of hydrogen-bond acceptors (Lipinski definition) is 3. The lowest BCUT2D eigenvalue weighted by atomic mass is 9.98. The molecule has 1 aromatic carbocycles. The predicted octanol–water partition coefficient (Wildman–Crippen LogP) is 1.11. The number of nitrogens with zero attached hydrogens (tertiary/aromatic N) is 1. The van der Waals surface area contributed by atoms with Crippen molar-refractivity contribution in [1.82, 2.24) is 0 Å². The van der Waals surface area contributed by atoms with E-state index in [-0.39, 0.29) is 0 Å². The van der Waals surface area contributed by atoms with Crippen LogP contribution in [-0.4, -0.2) is 24.5 Å². The molecular formula is C13H21N3O. The van der Waals surface area contributed by atoms with E-state index in [4.69, 9.17) is 11.5 Å². The number of para-hydroxylation sites is 1. The van der Waals surface area contributed by atoms with Crippen LogP contribution in [0.4, 0.5) is 5.69 Å². The van der Waals surface area contributed by atoms with Crippen LogP contribution in [0.25, 0.3) is 0 Å². The maximum Gasteiger partial charge on any atom is 0.237 e. The summed E-state index contributed by atoms with van der Waals surface area (Å²) in [5, 5.41) is 0. The number of anilines is 1. The van der Waals surface area contributed by atoms with Crippen molar-refractivity contribution in [2.24, 2.45) is 11.5 Å². The Morgan fingerprint density at radius 3 is 2.41 bits per heavy atom. The van der Waals surface area contributed by atoms with E-state index in [1.165, 1.54) is 0 Å². The molecule has 0 radical (unpaired) electrons. The molecule has 0 aliphatic carbocycles. The van der Waals surface area contributed by atoms with Crippen LogP contribution in [0.3, 0.4) is 0 Å². The Morgan fingerprint density at radius 2 is 1.94 bits per heavy atom. The fourth-order valence-electron chi connectivity index (χ4n) is 1.60. The Labute approximate surface area is 103 Å². The summed E-state index contributed by atoms with van der Waals surface area (Å²) in [5.41, 5.74) is 11.3.